The lowest BCUT2D eigenvalue weighted by Gasteiger charge is -1.91. The van der Waals surface area contributed by atoms with Gasteiger partial charge in [0.15, 0.2) is 0 Å². The molecule has 0 spiro atoms. The summed E-state index contributed by atoms with van der Waals surface area (Å²) >= 11 is 1.27. The first kappa shape index (κ1) is 9.63. The van der Waals surface area contributed by atoms with Crippen LogP contribution in [-0.2, 0) is 4.79 Å². The number of rotatable bonds is 3. The van der Waals surface area contributed by atoms with Crippen molar-refractivity contribution >= 4 is 29.6 Å². The molecule has 0 fully saturated rings. The van der Waals surface area contributed by atoms with Crippen LogP contribution in [-0.4, -0.2) is 12.2 Å². The van der Waals surface area contributed by atoms with Crippen molar-refractivity contribution in [3.8, 4) is 0 Å². The molecular formula is C8H8N2O2S. The number of nitrogens with one attached hydrogen (secondary N) is 1. The third-order valence-electron chi connectivity index (χ3n) is 1.32. The Hall–Kier alpha value is -1.46. The molecule has 0 aliphatic heterocycles. The standard InChI is InChI=1S/C8H8N2O2S/c9-10-8(12)7-4-3-6(13-7)2-1-5-11/h1-5H,9H2,(H,10,12). The topological polar surface area (TPSA) is 72.2 Å². The number of amides is 1. The number of carbonyl (C=O) groups excluding carboxylic acids is 2. The Kier molecular flexibility index (Phi) is 3.36. The Bertz CT molecular complexity index is 344. The van der Waals surface area contributed by atoms with Crippen LogP contribution in [0.1, 0.15) is 14.5 Å². The molecule has 0 saturated heterocycles. The monoisotopic (exact) mass is 196 g/mol. The Labute approximate surface area is 79.0 Å². The van der Waals surface area contributed by atoms with Gasteiger partial charge in [-0.1, -0.05) is 0 Å². The molecule has 0 aromatic carbocycles. The van der Waals surface area contributed by atoms with Crippen molar-refractivity contribution in [2.45, 2.75) is 0 Å². The first-order valence-corrected chi connectivity index (χ1v) is 4.32. The number of hydrazine groups is 1. The zero-order valence-electron chi connectivity index (χ0n) is 6.69. The van der Waals surface area contributed by atoms with Gasteiger partial charge >= 0.3 is 0 Å². The lowest BCUT2D eigenvalue weighted by Crippen LogP contribution is -2.29. The number of allylic oxidation sites excluding steroid dienone is 1. The van der Waals surface area contributed by atoms with Crippen LogP contribution in [0, 0.1) is 0 Å². The minimum absolute atomic E-state index is 0.323. The second-order valence-electron chi connectivity index (χ2n) is 2.17. The van der Waals surface area contributed by atoms with Gasteiger partial charge in [0.05, 0.1) is 4.88 Å². The molecule has 4 nitrogen and oxygen atoms in total. The highest BCUT2D eigenvalue weighted by atomic mass is 32.1. The minimum atomic E-state index is -0.323. The molecule has 1 aromatic rings. The molecule has 1 heterocycles. The molecule has 0 unspecified atom stereocenters. The molecule has 0 atom stereocenters. The van der Waals surface area contributed by atoms with E-state index < -0.39 is 0 Å². The summed E-state index contributed by atoms with van der Waals surface area (Å²) in [5.74, 6) is 4.62. The van der Waals surface area contributed by atoms with E-state index in [1.807, 2.05) is 5.43 Å². The fourth-order valence-corrected chi connectivity index (χ4v) is 1.59. The molecular weight excluding hydrogens is 188 g/mol. The van der Waals surface area contributed by atoms with Gasteiger partial charge in [0.1, 0.15) is 6.29 Å². The highest BCUT2D eigenvalue weighted by Gasteiger charge is 2.05. The van der Waals surface area contributed by atoms with E-state index in [4.69, 9.17) is 5.84 Å². The number of nitrogens with two attached hydrogens (primary N) is 1. The van der Waals surface area contributed by atoms with Crippen LogP contribution in [0.25, 0.3) is 6.08 Å². The van der Waals surface area contributed by atoms with Gasteiger partial charge in [-0.2, -0.15) is 0 Å². The molecule has 5 heteroatoms. The largest absolute Gasteiger partial charge is 0.299 e. The van der Waals surface area contributed by atoms with E-state index in [2.05, 4.69) is 0 Å². The SMILES string of the molecule is NNC(=O)c1ccc(C=CC=O)s1. The number of hydrogen-bond acceptors (Lipinski definition) is 4. The molecule has 0 radical (unpaired) electrons. The predicted octanol–water partition coefficient (Wildman–Crippen LogP) is 0.564. The van der Waals surface area contributed by atoms with Crippen molar-refractivity contribution in [2.24, 2.45) is 5.84 Å². The molecule has 0 saturated carbocycles. The Morgan fingerprint density at radius 1 is 1.54 bits per heavy atom. The van der Waals surface area contributed by atoms with Crippen molar-refractivity contribution in [1.29, 1.82) is 0 Å². The van der Waals surface area contributed by atoms with Gasteiger partial charge in [-0.3, -0.25) is 15.0 Å². The summed E-state index contributed by atoms with van der Waals surface area (Å²) in [6.07, 6.45) is 3.68. The summed E-state index contributed by atoms with van der Waals surface area (Å²) in [6.45, 7) is 0. The lowest BCUT2D eigenvalue weighted by atomic mass is 10.4. The molecule has 0 aliphatic carbocycles. The van der Waals surface area contributed by atoms with Gasteiger partial charge in [0.2, 0.25) is 0 Å². The van der Waals surface area contributed by atoms with E-state index in [0.29, 0.717) is 11.2 Å². The molecule has 3 N–H and O–H groups in total. The van der Waals surface area contributed by atoms with Crippen LogP contribution < -0.4 is 11.3 Å². The van der Waals surface area contributed by atoms with Gasteiger partial charge < -0.3 is 0 Å². The minimum Gasteiger partial charge on any atom is -0.299 e. The lowest BCUT2D eigenvalue weighted by molar-refractivity contribution is -0.104. The number of nitrogen functional groups attached to an aromatic ring is 1. The Balaban J connectivity index is 2.80. The van der Waals surface area contributed by atoms with Crippen LogP contribution in [0.4, 0.5) is 0 Å². The average molecular weight is 196 g/mol. The molecule has 1 aromatic heterocycles. The fourth-order valence-electron chi connectivity index (χ4n) is 0.770. The quantitative estimate of drug-likeness (QED) is 0.244. The number of carbonyl (C=O) groups is 2. The van der Waals surface area contributed by atoms with Crippen LogP contribution in [0.2, 0.25) is 0 Å². The van der Waals surface area contributed by atoms with Crippen molar-refractivity contribution < 1.29 is 9.59 Å². The van der Waals surface area contributed by atoms with Gasteiger partial charge in [0, 0.05) is 4.88 Å². The molecule has 1 rings (SSSR count). The summed E-state index contributed by atoms with van der Waals surface area (Å²) in [6, 6.07) is 3.40. The zero-order chi connectivity index (χ0) is 9.68. The molecule has 68 valence electrons. The van der Waals surface area contributed by atoms with E-state index in [1.54, 1.807) is 18.2 Å². The van der Waals surface area contributed by atoms with E-state index in [9.17, 15) is 9.59 Å². The first-order chi connectivity index (χ1) is 6.27. The van der Waals surface area contributed by atoms with Gasteiger partial charge in [-0.05, 0) is 24.3 Å². The van der Waals surface area contributed by atoms with E-state index in [0.717, 1.165) is 4.88 Å². The summed E-state index contributed by atoms with van der Waals surface area (Å²) < 4.78 is 0. The van der Waals surface area contributed by atoms with Crippen LogP contribution in [0.15, 0.2) is 18.2 Å². The molecule has 1 amide bonds. The first-order valence-electron chi connectivity index (χ1n) is 3.50. The number of hydrogen-bond donors (Lipinski definition) is 2. The van der Waals surface area contributed by atoms with Crippen molar-refractivity contribution in [3.05, 3.63) is 28.0 Å². The Morgan fingerprint density at radius 3 is 2.92 bits per heavy atom. The molecule has 13 heavy (non-hydrogen) atoms. The van der Waals surface area contributed by atoms with Gasteiger partial charge in [-0.15, -0.1) is 11.3 Å². The third kappa shape index (κ3) is 2.50. The summed E-state index contributed by atoms with van der Waals surface area (Å²) in [4.78, 5) is 22.3. The zero-order valence-corrected chi connectivity index (χ0v) is 7.51. The molecule has 0 bridgehead atoms. The summed E-state index contributed by atoms with van der Waals surface area (Å²) in [5.41, 5.74) is 2.03. The summed E-state index contributed by atoms with van der Waals surface area (Å²) in [7, 11) is 0. The van der Waals surface area contributed by atoms with Crippen molar-refractivity contribution in [1.82, 2.24) is 5.43 Å². The van der Waals surface area contributed by atoms with Gasteiger partial charge in [0.25, 0.3) is 5.91 Å². The summed E-state index contributed by atoms with van der Waals surface area (Å²) in [5, 5.41) is 0. The highest BCUT2D eigenvalue weighted by Crippen LogP contribution is 2.17. The Morgan fingerprint density at radius 2 is 2.31 bits per heavy atom. The number of aldehydes is 1. The fraction of sp³-hybridized carbons (Fsp3) is 0. The van der Waals surface area contributed by atoms with Crippen LogP contribution >= 0.6 is 11.3 Å². The maximum absolute atomic E-state index is 11.0. The second kappa shape index (κ2) is 4.54. The highest BCUT2D eigenvalue weighted by molar-refractivity contribution is 7.14. The van der Waals surface area contributed by atoms with Crippen molar-refractivity contribution in [3.63, 3.8) is 0 Å². The van der Waals surface area contributed by atoms with Gasteiger partial charge in [-0.25, -0.2) is 5.84 Å². The van der Waals surface area contributed by atoms with E-state index in [1.165, 1.54) is 17.4 Å². The third-order valence-corrected chi connectivity index (χ3v) is 2.37. The second-order valence-corrected chi connectivity index (χ2v) is 3.29. The predicted molar refractivity (Wildman–Crippen MR) is 51.1 cm³/mol. The smallest absolute Gasteiger partial charge is 0.275 e. The van der Waals surface area contributed by atoms with Crippen LogP contribution in [0.3, 0.4) is 0 Å². The normalized spacial score (nSPS) is 10.2. The maximum atomic E-state index is 11.0. The van der Waals surface area contributed by atoms with Crippen LogP contribution in [0.5, 0.6) is 0 Å². The van der Waals surface area contributed by atoms with E-state index in [-0.39, 0.29) is 5.91 Å². The van der Waals surface area contributed by atoms with Crippen molar-refractivity contribution in [2.75, 3.05) is 0 Å². The maximum Gasteiger partial charge on any atom is 0.275 e. The molecule has 0 aliphatic rings. The number of thiophene rings is 1. The van der Waals surface area contributed by atoms with E-state index >= 15 is 0 Å². The average Bonchev–Trinajstić information content (AvgIpc) is 2.62.